The van der Waals surface area contributed by atoms with E-state index in [-0.39, 0.29) is 5.91 Å². The highest BCUT2D eigenvalue weighted by Crippen LogP contribution is 2.16. The molecule has 0 saturated carbocycles. The maximum Gasteiger partial charge on any atom is 0.265 e. The molecule has 0 unspecified atom stereocenters. The average Bonchev–Trinajstić information content (AvgIpc) is 3.16. The molecule has 0 aliphatic carbocycles. The molecule has 0 spiro atoms. The van der Waals surface area contributed by atoms with Crippen LogP contribution in [0.5, 0.6) is 5.75 Å². The molecular formula is C24H23N3O2. The van der Waals surface area contributed by atoms with Gasteiger partial charge >= 0.3 is 0 Å². The van der Waals surface area contributed by atoms with E-state index in [0.29, 0.717) is 5.75 Å². The van der Waals surface area contributed by atoms with Crippen molar-refractivity contribution in [3.05, 3.63) is 90.3 Å². The smallest absolute Gasteiger partial charge is 0.265 e. The van der Waals surface area contributed by atoms with Crippen molar-refractivity contribution in [3.8, 4) is 5.75 Å². The zero-order chi connectivity index (χ0) is 20.1. The lowest BCUT2D eigenvalue weighted by atomic mass is 10.1. The summed E-state index contributed by atoms with van der Waals surface area (Å²) in [7, 11) is 0. The third-order valence-electron chi connectivity index (χ3n) is 4.71. The van der Waals surface area contributed by atoms with Crippen molar-refractivity contribution in [3.63, 3.8) is 0 Å². The fourth-order valence-corrected chi connectivity index (χ4v) is 3.19. The van der Waals surface area contributed by atoms with E-state index >= 15 is 0 Å². The highest BCUT2D eigenvalue weighted by Gasteiger charge is 2.15. The summed E-state index contributed by atoms with van der Waals surface area (Å²) in [5, 5.41) is 2.93. The van der Waals surface area contributed by atoms with Gasteiger partial charge in [-0.3, -0.25) is 4.79 Å². The Kier molecular flexibility index (Phi) is 5.56. The van der Waals surface area contributed by atoms with Gasteiger partial charge in [0.25, 0.3) is 5.91 Å². The van der Waals surface area contributed by atoms with E-state index in [1.165, 1.54) is 0 Å². The summed E-state index contributed by atoms with van der Waals surface area (Å²) in [5.41, 5.74) is 3.94. The third kappa shape index (κ3) is 4.82. The Morgan fingerprint density at radius 3 is 2.62 bits per heavy atom. The highest BCUT2D eigenvalue weighted by atomic mass is 16.5. The van der Waals surface area contributed by atoms with Gasteiger partial charge in [-0.15, -0.1) is 0 Å². The van der Waals surface area contributed by atoms with E-state index in [0.717, 1.165) is 41.0 Å². The van der Waals surface area contributed by atoms with Crippen LogP contribution in [0.2, 0.25) is 0 Å². The maximum atomic E-state index is 12.5. The van der Waals surface area contributed by atoms with Crippen LogP contribution in [-0.4, -0.2) is 22.0 Å². The summed E-state index contributed by atoms with van der Waals surface area (Å²) in [6, 6.07) is 25.3. The number of para-hydroxylation sites is 3. The molecule has 1 amide bonds. The predicted molar refractivity (Wildman–Crippen MR) is 115 cm³/mol. The first-order valence-corrected chi connectivity index (χ1v) is 9.72. The van der Waals surface area contributed by atoms with Gasteiger partial charge in [-0.25, -0.2) is 4.98 Å². The number of H-pyrrole nitrogens is 1. The van der Waals surface area contributed by atoms with Gasteiger partial charge in [0.05, 0.1) is 11.0 Å². The molecule has 4 rings (SSSR count). The fraction of sp³-hybridized carbons (Fsp3) is 0.167. The quantitative estimate of drug-likeness (QED) is 0.482. The summed E-state index contributed by atoms with van der Waals surface area (Å²) in [5.74, 6) is 1.46. The summed E-state index contributed by atoms with van der Waals surface area (Å²) in [6.07, 6.45) is 1.05. The Balaban J connectivity index is 1.36. The van der Waals surface area contributed by atoms with Crippen molar-refractivity contribution in [2.24, 2.45) is 0 Å². The van der Waals surface area contributed by atoms with Gasteiger partial charge in [0.1, 0.15) is 11.6 Å². The highest BCUT2D eigenvalue weighted by molar-refractivity contribution is 5.94. The van der Waals surface area contributed by atoms with E-state index in [4.69, 9.17) is 4.74 Å². The number of aromatic amines is 1. The second kappa shape index (κ2) is 8.61. The largest absolute Gasteiger partial charge is 0.481 e. The van der Waals surface area contributed by atoms with Crippen LogP contribution in [0, 0.1) is 0 Å². The van der Waals surface area contributed by atoms with Crippen LogP contribution in [-0.2, 0) is 17.6 Å². The van der Waals surface area contributed by atoms with Crippen molar-refractivity contribution in [2.45, 2.75) is 25.9 Å². The molecule has 0 aliphatic rings. The van der Waals surface area contributed by atoms with Gasteiger partial charge in [-0.05, 0) is 55.3 Å². The minimum atomic E-state index is -0.586. The Morgan fingerprint density at radius 2 is 1.79 bits per heavy atom. The Labute approximate surface area is 169 Å². The van der Waals surface area contributed by atoms with Gasteiger partial charge in [0.15, 0.2) is 6.10 Å². The topological polar surface area (TPSA) is 67.0 Å². The first-order chi connectivity index (χ1) is 14.2. The maximum absolute atomic E-state index is 12.5. The monoisotopic (exact) mass is 385 g/mol. The van der Waals surface area contributed by atoms with Gasteiger partial charge in [0.2, 0.25) is 0 Å². The number of aryl methyl sites for hydroxylation is 2. The molecule has 1 heterocycles. The number of aromatic nitrogens is 2. The summed E-state index contributed by atoms with van der Waals surface area (Å²) >= 11 is 0. The number of amides is 1. The number of anilines is 1. The lowest BCUT2D eigenvalue weighted by Crippen LogP contribution is -2.30. The summed E-state index contributed by atoms with van der Waals surface area (Å²) < 4.78 is 5.69. The molecule has 0 bridgehead atoms. The average molecular weight is 385 g/mol. The summed E-state index contributed by atoms with van der Waals surface area (Å²) in [6.45, 7) is 1.74. The Hall–Kier alpha value is -3.60. The van der Waals surface area contributed by atoms with E-state index < -0.39 is 6.10 Å². The molecule has 29 heavy (non-hydrogen) atoms. The van der Waals surface area contributed by atoms with Crippen LogP contribution in [0.25, 0.3) is 11.0 Å². The Bertz CT molecular complexity index is 1070. The molecule has 5 nitrogen and oxygen atoms in total. The number of imidazole rings is 1. The molecule has 146 valence electrons. The second-order valence-corrected chi connectivity index (χ2v) is 6.96. The first kappa shape index (κ1) is 18.7. The van der Waals surface area contributed by atoms with Crippen molar-refractivity contribution in [2.75, 3.05) is 5.32 Å². The molecule has 1 atom stereocenters. The zero-order valence-corrected chi connectivity index (χ0v) is 16.3. The standard InChI is InChI=1S/C24H23N3O2/c1-17(29-20-10-3-2-4-11-20)24(28)25-19-9-7-8-18(16-19)14-15-23-26-21-12-5-6-13-22(21)27-23/h2-13,16-17H,14-15H2,1H3,(H,25,28)(H,26,27)/t17-/m0/s1. The molecule has 0 saturated heterocycles. The van der Waals surface area contributed by atoms with Gasteiger partial charge in [-0.2, -0.15) is 0 Å². The van der Waals surface area contributed by atoms with Crippen molar-refractivity contribution < 1.29 is 9.53 Å². The number of nitrogens with one attached hydrogen (secondary N) is 2. The van der Waals surface area contributed by atoms with Crippen LogP contribution >= 0.6 is 0 Å². The number of carbonyl (C=O) groups excluding carboxylic acids is 1. The van der Waals surface area contributed by atoms with Gasteiger partial charge in [-0.1, -0.05) is 42.5 Å². The van der Waals surface area contributed by atoms with Crippen LogP contribution in [0.1, 0.15) is 18.3 Å². The zero-order valence-electron chi connectivity index (χ0n) is 16.3. The van der Waals surface area contributed by atoms with Gasteiger partial charge < -0.3 is 15.0 Å². The lowest BCUT2D eigenvalue weighted by Gasteiger charge is -2.15. The van der Waals surface area contributed by atoms with Crippen LogP contribution in [0.4, 0.5) is 5.69 Å². The fourth-order valence-electron chi connectivity index (χ4n) is 3.19. The van der Waals surface area contributed by atoms with Gasteiger partial charge in [0, 0.05) is 12.1 Å². The number of nitrogens with zero attached hydrogens (tertiary/aromatic N) is 1. The van der Waals surface area contributed by atoms with Crippen molar-refractivity contribution in [1.29, 1.82) is 0 Å². The SMILES string of the molecule is C[C@H](Oc1ccccc1)C(=O)Nc1cccc(CCc2nc3ccccc3[nH]2)c1. The second-order valence-electron chi connectivity index (χ2n) is 6.96. The minimum Gasteiger partial charge on any atom is -0.481 e. The number of ether oxygens (including phenoxy) is 1. The number of fused-ring (bicyclic) bond motifs is 1. The molecule has 0 aliphatic heterocycles. The molecular weight excluding hydrogens is 362 g/mol. The van der Waals surface area contributed by atoms with E-state index in [1.807, 2.05) is 72.8 Å². The minimum absolute atomic E-state index is 0.178. The van der Waals surface area contributed by atoms with E-state index in [9.17, 15) is 4.79 Å². The molecule has 3 aromatic carbocycles. The number of hydrogen-bond donors (Lipinski definition) is 2. The molecule has 0 fully saturated rings. The van der Waals surface area contributed by atoms with E-state index in [2.05, 4.69) is 21.4 Å². The number of benzene rings is 3. The molecule has 5 heteroatoms. The van der Waals surface area contributed by atoms with E-state index in [1.54, 1.807) is 6.92 Å². The number of hydrogen-bond acceptors (Lipinski definition) is 3. The molecule has 4 aromatic rings. The molecule has 0 radical (unpaired) electrons. The normalized spacial score (nSPS) is 11.9. The first-order valence-electron chi connectivity index (χ1n) is 9.72. The van der Waals surface area contributed by atoms with Crippen LogP contribution in [0.15, 0.2) is 78.9 Å². The number of carbonyl (C=O) groups is 1. The lowest BCUT2D eigenvalue weighted by molar-refractivity contribution is -0.122. The summed E-state index contributed by atoms with van der Waals surface area (Å²) in [4.78, 5) is 20.4. The third-order valence-corrected chi connectivity index (χ3v) is 4.71. The van der Waals surface area contributed by atoms with Crippen molar-refractivity contribution >= 4 is 22.6 Å². The molecule has 2 N–H and O–H groups in total. The predicted octanol–water partition coefficient (Wildman–Crippen LogP) is 4.75. The van der Waals surface area contributed by atoms with Crippen molar-refractivity contribution in [1.82, 2.24) is 9.97 Å². The number of rotatable bonds is 7. The molecule has 1 aromatic heterocycles. The Morgan fingerprint density at radius 1 is 1.00 bits per heavy atom. The van der Waals surface area contributed by atoms with Crippen LogP contribution < -0.4 is 10.1 Å². The van der Waals surface area contributed by atoms with Crippen LogP contribution in [0.3, 0.4) is 0 Å².